The van der Waals surface area contributed by atoms with E-state index in [0.717, 1.165) is 22.9 Å². The van der Waals surface area contributed by atoms with Crippen LogP contribution in [0.4, 0.5) is 27.6 Å². The summed E-state index contributed by atoms with van der Waals surface area (Å²) in [6.07, 6.45) is -2.18. The number of halogens is 5. The Hall–Kier alpha value is -3.82. The van der Waals surface area contributed by atoms with Crippen molar-refractivity contribution in [3.8, 4) is 5.69 Å². The smallest absolute Gasteiger partial charge is 0.322 e. The van der Waals surface area contributed by atoms with Crippen LogP contribution in [-0.2, 0) is 6.18 Å². The van der Waals surface area contributed by atoms with Gasteiger partial charge in [0.05, 0.1) is 17.1 Å². The SMILES string of the molecule is C=N/C=c1/nc(C(F)(F)F)n(-c2ccc(NC(=O)c3cccc(F)c3F)cc2)/c1=C/C. The fourth-order valence-corrected chi connectivity index (χ4v) is 2.93. The van der Waals surface area contributed by atoms with Crippen molar-refractivity contribution in [2.45, 2.75) is 13.1 Å². The predicted molar refractivity (Wildman–Crippen MR) is 106 cm³/mol. The van der Waals surface area contributed by atoms with Crippen molar-refractivity contribution in [2.24, 2.45) is 4.99 Å². The van der Waals surface area contributed by atoms with Crippen LogP contribution in [0, 0.1) is 11.6 Å². The first kappa shape index (κ1) is 21.9. The minimum atomic E-state index is -4.74. The third-order valence-electron chi connectivity index (χ3n) is 4.26. The molecule has 5 nitrogen and oxygen atoms in total. The normalized spacial score (nSPS) is 12.8. The van der Waals surface area contributed by atoms with Crippen molar-refractivity contribution in [3.63, 3.8) is 0 Å². The molecule has 0 aliphatic heterocycles. The molecule has 0 aliphatic rings. The lowest BCUT2D eigenvalue weighted by atomic mass is 10.2. The van der Waals surface area contributed by atoms with Crippen LogP contribution in [0.1, 0.15) is 23.1 Å². The molecule has 0 saturated carbocycles. The average molecular weight is 434 g/mol. The summed E-state index contributed by atoms with van der Waals surface area (Å²) in [7, 11) is 0. The van der Waals surface area contributed by atoms with Crippen LogP contribution in [0.2, 0.25) is 0 Å². The number of anilines is 1. The number of hydrogen-bond donors (Lipinski definition) is 1. The Morgan fingerprint density at radius 3 is 2.42 bits per heavy atom. The molecule has 0 aliphatic carbocycles. The second-order valence-electron chi connectivity index (χ2n) is 6.24. The van der Waals surface area contributed by atoms with Crippen molar-refractivity contribution in [1.82, 2.24) is 9.55 Å². The van der Waals surface area contributed by atoms with Crippen molar-refractivity contribution in [2.75, 3.05) is 5.32 Å². The molecule has 1 amide bonds. The highest BCUT2D eigenvalue weighted by atomic mass is 19.4. The highest BCUT2D eigenvalue weighted by Gasteiger charge is 2.37. The zero-order chi connectivity index (χ0) is 22.8. The monoisotopic (exact) mass is 434 g/mol. The molecule has 3 rings (SSSR count). The van der Waals surface area contributed by atoms with Gasteiger partial charge in [-0.3, -0.25) is 14.4 Å². The lowest BCUT2D eigenvalue weighted by Crippen LogP contribution is -2.29. The summed E-state index contributed by atoms with van der Waals surface area (Å²) in [6.45, 7) is 4.79. The van der Waals surface area contributed by atoms with E-state index in [2.05, 4.69) is 22.0 Å². The Kier molecular flexibility index (Phi) is 6.00. The highest BCUT2D eigenvalue weighted by molar-refractivity contribution is 6.04. The molecule has 0 atom stereocenters. The number of imidazole rings is 1. The molecule has 160 valence electrons. The largest absolute Gasteiger partial charge is 0.450 e. The minimum Gasteiger partial charge on any atom is -0.322 e. The van der Waals surface area contributed by atoms with Gasteiger partial charge in [0.1, 0.15) is 5.35 Å². The first-order chi connectivity index (χ1) is 14.7. The van der Waals surface area contributed by atoms with E-state index in [4.69, 9.17) is 0 Å². The number of rotatable bonds is 4. The molecule has 1 N–H and O–H groups in total. The Morgan fingerprint density at radius 2 is 1.84 bits per heavy atom. The van der Waals surface area contributed by atoms with Gasteiger partial charge in [-0.2, -0.15) is 13.2 Å². The Bertz CT molecular complexity index is 1260. The van der Waals surface area contributed by atoms with E-state index in [1.165, 1.54) is 36.4 Å². The summed E-state index contributed by atoms with van der Waals surface area (Å²) in [5, 5.41) is 2.51. The number of aliphatic imine (C=N–C) groups is 1. The maximum atomic E-state index is 13.8. The van der Waals surface area contributed by atoms with Gasteiger partial charge in [0.2, 0.25) is 5.82 Å². The Balaban J connectivity index is 2.01. The Labute approximate surface area is 172 Å². The van der Waals surface area contributed by atoms with Gasteiger partial charge in [0.25, 0.3) is 5.91 Å². The molecule has 3 aromatic rings. The third kappa shape index (κ3) is 4.37. The molecule has 1 heterocycles. The topological polar surface area (TPSA) is 59.3 Å². The molecule has 0 unspecified atom stereocenters. The number of nitrogens with zero attached hydrogens (tertiary/aromatic N) is 3. The summed E-state index contributed by atoms with van der Waals surface area (Å²) >= 11 is 0. The van der Waals surface area contributed by atoms with Gasteiger partial charge in [0, 0.05) is 11.4 Å². The molecule has 0 saturated heterocycles. The molecule has 0 spiro atoms. The number of aromatic nitrogens is 2. The molecule has 0 radical (unpaired) electrons. The van der Waals surface area contributed by atoms with E-state index in [0.29, 0.717) is 0 Å². The van der Waals surface area contributed by atoms with E-state index in [9.17, 15) is 26.7 Å². The van der Waals surface area contributed by atoms with Gasteiger partial charge >= 0.3 is 6.18 Å². The standard InChI is InChI=1S/C21H15F5N4O/c1-3-17-16(11-27-2)29-20(21(24,25)26)30(17)13-9-7-12(8-10-13)28-19(31)14-5-4-6-15(22)18(14)23/h3-11H,2H2,1H3,(H,28,31)/b16-11+,17-3+. The molecule has 1 aromatic heterocycles. The van der Waals surface area contributed by atoms with Gasteiger partial charge in [-0.05, 0) is 50.0 Å². The zero-order valence-corrected chi connectivity index (χ0v) is 16.0. The maximum absolute atomic E-state index is 13.8. The summed E-state index contributed by atoms with van der Waals surface area (Å²) in [4.78, 5) is 19.3. The van der Waals surface area contributed by atoms with Crippen molar-refractivity contribution in [3.05, 3.63) is 76.2 Å². The number of nitrogens with one attached hydrogen (secondary N) is 1. The minimum absolute atomic E-state index is 0.0104. The van der Waals surface area contributed by atoms with Gasteiger partial charge in [0.15, 0.2) is 11.6 Å². The van der Waals surface area contributed by atoms with Gasteiger partial charge in [-0.1, -0.05) is 12.1 Å². The number of carbonyl (C=O) groups is 1. The fourth-order valence-electron chi connectivity index (χ4n) is 2.93. The van der Waals surface area contributed by atoms with Crippen LogP contribution in [0.25, 0.3) is 18.0 Å². The predicted octanol–water partition coefficient (Wildman–Crippen LogP) is 3.66. The molecular weight excluding hydrogens is 419 g/mol. The van der Waals surface area contributed by atoms with Crippen molar-refractivity contribution in [1.29, 1.82) is 0 Å². The summed E-state index contributed by atoms with van der Waals surface area (Å²) in [5.74, 6) is -4.53. The number of hydrogen-bond acceptors (Lipinski definition) is 3. The number of carbonyl (C=O) groups excluding carboxylic acids is 1. The lowest BCUT2D eigenvalue weighted by Gasteiger charge is -2.12. The van der Waals surface area contributed by atoms with E-state index in [1.54, 1.807) is 6.92 Å². The van der Waals surface area contributed by atoms with Crippen molar-refractivity contribution >= 4 is 30.6 Å². The van der Waals surface area contributed by atoms with Gasteiger partial charge < -0.3 is 5.32 Å². The first-order valence-corrected chi connectivity index (χ1v) is 8.81. The molecule has 2 aromatic carbocycles. The molecule has 10 heteroatoms. The average Bonchev–Trinajstić information content (AvgIpc) is 3.09. The summed E-state index contributed by atoms with van der Waals surface area (Å²) in [5.41, 5.74) is -0.211. The third-order valence-corrected chi connectivity index (χ3v) is 4.26. The molecule has 31 heavy (non-hydrogen) atoms. The first-order valence-electron chi connectivity index (χ1n) is 8.81. The second-order valence-corrected chi connectivity index (χ2v) is 6.24. The summed E-state index contributed by atoms with van der Waals surface area (Å²) in [6, 6.07) is 8.49. The lowest BCUT2D eigenvalue weighted by molar-refractivity contribution is -0.146. The fraction of sp³-hybridized carbons (Fsp3) is 0.0952. The second kappa shape index (κ2) is 8.50. The molecule has 0 bridgehead atoms. The Morgan fingerprint density at radius 1 is 1.16 bits per heavy atom. The van der Waals surface area contributed by atoms with E-state index >= 15 is 0 Å². The van der Waals surface area contributed by atoms with Gasteiger partial charge in [-0.15, -0.1) is 0 Å². The number of benzene rings is 2. The van der Waals surface area contributed by atoms with Crippen molar-refractivity contribution < 1.29 is 26.7 Å². The zero-order valence-electron chi connectivity index (χ0n) is 16.0. The van der Waals surface area contributed by atoms with Crippen LogP contribution < -0.4 is 16.0 Å². The van der Waals surface area contributed by atoms with E-state index in [1.807, 2.05) is 0 Å². The number of alkyl halides is 3. The molecule has 0 fully saturated rings. The van der Waals surface area contributed by atoms with Crippen LogP contribution >= 0.6 is 0 Å². The van der Waals surface area contributed by atoms with Crippen LogP contribution in [0.3, 0.4) is 0 Å². The van der Waals surface area contributed by atoms with Crippen LogP contribution in [0.15, 0.2) is 47.5 Å². The quantitative estimate of drug-likeness (QED) is 0.503. The number of amides is 1. The van der Waals surface area contributed by atoms with Crippen LogP contribution in [0.5, 0.6) is 0 Å². The van der Waals surface area contributed by atoms with Crippen LogP contribution in [-0.4, -0.2) is 22.2 Å². The highest BCUT2D eigenvalue weighted by Crippen LogP contribution is 2.28. The summed E-state index contributed by atoms with van der Waals surface area (Å²) < 4.78 is 68.6. The van der Waals surface area contributed by atoms with E-state index < -0.39 is 35.1 Å². The van der Waals surface area contributed by atoms with E-state index in [-0.39, 0.29) is 22.1 Å². The maximum Gasteiger partial charge on any atom is 0.450 e. The van der Waals surface area contributed by atoms with Gasteiger partial charge in [-0.25, -0.2) is 13.8 Å². The molecular formula is C21H15F5N4O.